The Bertz CT molecular complexity index is 398. The molecule has 3 rings (SSSR count). The van der Waals surface area contributed by atoms with E-state index >= 15 is 0 Å². The van der Waals surface area contributed by atoms with Crippen LogP contribution in [0.5, 0.6) is 0 Å². The minimum atomic E-state index is 0.662. The molecule has 0 unspecified atom stereocenters. The van der Waals surface area contributed by atoms with Gasteiger partial charge in [0.05, 0.1) is 0 Å². The SMILES string of the molecule is CCN1CCC[C@H](c2[nH]nc3c2CCCCN3)C1. The molecule has 0 bridgehead atoms. The number of fused-ring (bicyclic) bond motifs is 1. The molecule has 0 radical (unpaired) electrons. The third kappa shape index (κ3) is 2.26. The van der Waals surface area contributed by atoms with Crippen LogP contribution in [-0.4, -0.2) is 41.3 Å². The van der Waals surface area contributed by atoms with E-state index in [0.717, 1.165) is 12.4 Å². The standard InChI is InChI=1S/C14H24N4/c1-2-18-9-5-6-11(10-18)13-12-7-3-4-8-15-14(12)17-16-13/h11H,2-10H2,1H3,(H2,15,16,17)/t11-/m0/s1. The predicted molar refractivity (Wildman–Crippen MR) is 74.1 cm³/mol. The molecule has 4 heteroatoms. The van der Waals surface area contributed by atoms with Gasteiger partial charge in [-0.25, -0.2) is 0 Å². The first-order chi connectivity index (χ1) is 8.88. The van der Waals surface area contributed by atoms with E-state index in [1.807, 2.05) is 0 Å². The fraction of sp³-hybridized carbons (Fsp3) is 0.786. The molecule has 100 valence electrons. The van der Waals surface area contributed by atoms with E-state index in [2.05, 4.69) is 27.3 Å². The van der Waals surface area contributed by atoms with Crippen molar-refractivity contribution in [3.05, 3.63) is 11.3 Å². The number of anilines is 1. The maximum Gasteiger partial charge on any atom is 0.151 e. The van der Waals surface area contributed by atoms with Crippen LogP contribution in [-0.2, 0) is 6.42 Å². The third-order valence-electron chi connectivity index (χ3n) is 4.41. The van der Waals surface area contributed by atoms with Crippen LogP contribution in [0.2, 0.25) is 0 Å². The molecular weight excluding hydrogens is 224 g/mol. The average molecular weight is 248 g/mol. The molecule has 0 spiro atoms. The first-order valence-corrected chi connectivity index (χ1v) is 7.42. The Kier molecular flexibility index (Phi) is 3.55. The number of aromatic nitrogens is 2. The van der Waals surface area contributed by atoms with Crippen molar-refractivity contribution >= 4 is 5.82 Å². The zero-order chi connectivity index (χ0) is 12.4. The monoisotopic (exact) mass is 248 g/mol. The molecule has 0 aliphatic carbocycles. The zero-order valence-electron chi connectivity index (χ0n) is 11.3. The number of aromatic amines is 1. The minimum Gasteiger partial charge on any atom is -0.368 e. The Morgan fingerprint density at radius 2 is 2.28 bits per heavy atom. The van der Waals surface area contributed by atoms with Gasteiger partial charge < -0.3 is 10.2 Å². The predicted octanol–water partition coefficient (Wildman–Crippen LogP) is 2.36. The summed E-state index contributed by atoms with van der Waals surface area (Å²) in [6, 6.07) is 0. The summed E-state index contributed by atoms with van der Waals surface area (Å²) in [4.78, 5) is 2.56. The van der Waals surface area contributed by atoms with Gasteiger partial charge in [-0.15, -0.1) is 0 Å². The van der Waals surface area contributed by atoms with E-state index in [1.165, 1.54) is 63.0 Å². The summed E-state index contributed by atoms with van der Waals surface area (Å²) < 4.78 is 0. The van der Waals surface area contributed by atoms with Gasteiger partial charge in [0, 0.05) is 30.3 Å². The lowest BCUT2D eigenvalue weighted by molar-refractivity contribution is 0.215. The van der Waals surface area contributed by atoms with Gasteiger partial charge in [0.1, 0.15) is 0 Å². The number of likely N-dealkylation sites (tertiary alicyclic amines) is 1. The van der Waals surface area contributed by atoms with Gasteiger partial charge in [-0.05, 0) is 45.2 Å². The number of rotatable bonds is 2. The van der Waals surface area contributed by atoms with Crippen molar-refractivity contribution in [2.24, 2.45) is 0 Å². The molecule has 0 amide bonds. The van der Waals surface area contributed by atoms with Gasteiger partial charge >= 0.3 is 0 Å². The number of nitrogens with one attached hydrogen (secondary N) is 2. The normalized spacial score (nSPS) is 25.3. The summed E-state index contributed by atoms with van der Waals surface area (Å²) in [5.41, 5.74) is 2.88. The fourth-order valence-electron chi connectivity index (χ4n) is 3.33. The van der Waals surface area contributed by atoms with E-state index in [9.17, 15) is 0 Å². The molecule has 4 nitrogen and oxygen atoms in total. The number of H-pyrrole nitrogens is 1. The van der Waals surface area contributed by atoms with Gasteiger partial charge in [-0.1, -0.05) is 6.92 Å². The summed E-state index contributed by atoms with van der Waals surface area (Å²) in [7, 11) is 0. The highest BCUT2D eigenvalue weighted by Gasteiger charge is 2.26. The lowest BCUT2D eigenvalue weighted by Crippen LogP contribution is -2.34. The quantitative estimate of drug-likeness (QED) is 0.844. The topological polar surface area (TPSA) is 44.0 Å². The number of likely N-dealkylation sites (N-methyl/N-ethyl adjacent to an activating group) is 1. The highest BCUT2D eigenvalue weighted by Crippen LogP contribution is 2.32. The maximum atomic E-state index is 4.49. The molecule has 2 aliphatic heterocycles. The van der Waals surface area contributed by atoms with Crippen molar-refractivity contribution in [1.82, 2.24) is 15.1 Å². The molecule has 0 aromatic carbocycles. The second kappa shape index (κ2) is 5.31. The summed E-state index contributed by atoms with van der Waals surface area (Å²) in [5.74, 6) is 1.78. The van der Waals surface area contributed by atoms with Crippen LogP contribution in [0.1, 0.15) is 49.8 Å². The summed E-state index contributed by atoms with van der Waals surface area (Å²) in [6.07, 6.45) is 6.37. The van der Waals surface area contributed by atoms with Crippen molar-refractivity contribution < 1.29 is 0 Å². The maximum absolute atomic E-state index is 4.49. The Hall–Kier alpha value is -1.03. The summed E-state index contributed by atoms with van der Waals surface area (Å²) >= 11 is 0. The molecule has 18 heavy (non-hydrogen) atoms. The van der Waals surface area contributed by atoms with E-state index < -0.39 is 0 Å². The lowest BCUT2D eigenvalue weighted by atomic mass is 9.91. The van der Waals surface area contributed by atoms with Crippen LogP contribution < -0.4 is 5.32 Å². The van der Waals surface area contributed by atoms with E-state index in [4.69, 9.17) is 0 Å². The number of nitrogens with zero attached hydrogens (tertiary/aromatic N) is 2. The van der Waals surface area contributed by atoms with Gasteiger partial charge in [0.2, 0.25) is 0 Å². The molecule has 1 aromatic heterocycles. The molecule has 3 heterocycles. The molecule has 2 aliphatic rings. The van der Waals surface area contributed by atoms with Crippen LogP contribution in [0.15, 0.2) is 0 Å². The Balaban J connectivity index is 1.81. The summed E-state index contributed by atoms with van der Waals surface area (Å²) in [6.45, 7) is 6.97. The van der Waals surface area contributed by atoms with Crippen molar-refractivity contribution in [1.29, 1.82) is 0 Å². The van der Waals surface area contributed by atoms with Gasteiger partial charge in [0.15, 0.2) is 5.82 Å². The Morgan fingerprint density at radius 3 is 3.17 bits per heavy atom. The molecule has 1 atom stereocenters. The van der Waals surface area contributed by atoms with Crippen molar-refractivity contribution in [2.75, 3.05) is 31.5 Å². The third-order valence-corrected chi connectivity index (χ3v) is 4.41. The van der Waals surface area contributed by atoms with Crippen molar-refractivity contribution in [2.45, 2.75) is 44.9 Å². The number of piperidine rings is 1. The molecule has 2 N–H and O–H groups in total. The van der Waals surface area contributed by atoms with Gasteiger partial charge in [0.25, 0.3) is 0 Å². The zero-order valence-corrected chi connectivity index (χ0v) is 11.3. The van der Waals surface area contributed by atoms with Crippen LogP contribution in [0.25, 0.3) is 0 Å². The second-order valence-corrected chi connectivity index (χ2v) is 5.58. The number of hydrogen-bond donors (Lipinski definition) is 2. The first-order valence-electron chi connectivity index (χ1n) is 7.42. The van der Waals surface area contributed by atoms with Crippen LogP contribution in [0.4, 0.5) is 5.82 Å². The van der Waals surface area contributed by atoms with Crippen LogP contribution in [0.3, 0.4) is 0 Å². The molecule has 1 fully saturated rings. The smallest absolute Gasteiger partial charge is 0.151 e. The minimum absolute atomic E-state index is 0.662. The Morgan fingerprint density at radius 1 is 1.33 bits per heavy atom. The first kappa shape index (κ1) is 12.0. The molecule has 0 saturated carbocycles. The van der Waals surface area contributed by atoms with E-state index in [0.29, 0.717) is 5.92 Å². The van der Waals surface area contributed by atoms with Crippen molar-refractivity contribution in [3.63, 3.8) is 0 Å². The number of hydrogen-bond acceptors (Lipinski definition) is 3. The largest absolute Gasteiger partial charge is 0.368 e. The van der Waals surface area contributed by atoms with Crippen LogP contribution >= 0.6 is 0 Å². The van der Waals surface area contributed by atoms with Crippen LogP contribution in [0, 0.1) is 0 Å². The molecule has 1 saturated heterocycles. The fourth-order valence-corrected chi connectivity index (χ4v) is 3.33. The molecular formula is C14H24N4. The summed E-state index contributed by atoms with van der Waals surface area (Å²) in [5, 5.41) is 11.3. The Labute approximate surface area is 109 Å². The van der Waals surface area contributed by atoms with E-state index in [-0.39, 0.29) is 0 Å². The van der Waals surface area contributed by atoms with Gasteiger partial charge in [-0.3, -0.25) is 5.10 Å². The highest BCUT2D eigenvalue weighted by molar-refractivity contribution is 5.48. The molecule has 1 aromatic rings. The average Bonchev–Trinajstić information content (AvgIpc) is 2.68. The highest BCUT2D eigenvalue weighted by atomic mass is 15.2. The van der Waals surface area contributed by atoms with Crippen molar-refractivity contribution in [3.8, 4) is 0 Å². The van der Waals surface area contributed by atoms with E-state index in [1.54, 1.807) is 0 Å². The van der Waals surface area contributed by atoms with Gasteiger partial charge in [-0.2, -0.15) is 5.10 Å². The second-order valence-electron chi connectivity index (χ2n) is 5.58. The lowest BCUT2D eigenvalue weighted by Gasteiger charge is -2.31.